The quantitative estimate of drug-likeness (QED) is 0.678. The molecule has 1 aromatic carbocycles. The second-order valence-electron chi connectivity index (χ2n) is 3.84. The van der Waals surface area contributed by atoms with Gasteiger partial charge in [-0.05, 0) is 18.2 Å². The summed E-state index contributed by atoms with van der Waals surface area (Å²) in [4.78, 5) is 21.4. The summed E-state index contributed by atoms with van der Waals surface area (Å²) in [7, 11) is 0. The SMILES string of the molecule is NC(=O)c1ccc(Cl)cc1OCc1csc([N+](=O)[O-])c1. The Morgan fingerprint density at radius 2 is 2.20 bits per heavy atom. The Bertz CT molecular complexity index is 671. The second kappa shape index (κ2) is 5.89. The van der Waals surface area contributed by atoms with Gasteiger partial charge in [0.1, 0.15) is 12.4 Å². The molecular formula is C12H9ClN2O4S. The number of nitrogens with zero attached hydrogens (tertiary/aromatic N) is 1. The van der Waals surface area contributed by atoms with E-state index < -0.39 is 10.8 Å². The maximum absolute atomic E-state index is 11.2. The molecule has 6 nitrogen and oxygen atoms in total. The fraction of sp³-hybridized carbons (Fsp3) is 0.0833. The van der Waals surface area contributed by atoms with Crippen LogP contribution in [-0.2, 0) is 6.61 Å². The number of nitrogens with two attached hydrogens (primary N) is 1. The van der Waals surface area contributed by atoms with Gasteiger partial charge in [0.25, 0.3) is 5.91 Å². The van der Waals surface area contributed by atoms with Gasteiger partial charge in [-0.1, -0.05) is 22.9 Å². The number of rotatable bonds is 5. The molecule has 0 spiro atoms. The summed E-state index contributed by atoms with van der Waals surface area (Å²) in [5, 5.41) is 12.6. The zero-order valence-electron chi connectivity index (χ0n) is 10.0. The largest absolute Gasteiger partial charge is 0.488 e. The van der Waals surface area contributed by atoms with Gasteiger partial charge >= 0.3 is 5.00 Å². The molecule has 2 N–H and O–H groups in total. The molecule has 8 heteroatoms. The minimum atomic E-state index is -0.632. The zero-order valence-corrected chi connectivity index (χ0v) is 11.6. The van der Waals surface area contributed by atoms with Crippen molar-refractivity contribution in [1.29, 1.82) is 0 Å². The molecule has 1 aromatic heterocycles. The topological polar surface area (TPSA) is 95.5 Å². The van der Waals surface area contributed by atoms with Crippen molar-refractivity contribution in [2.24, 2.45) is 5.73 Å². The summed E-state index contributed by atoms with van der Waals surface area (Å²) in [5.41, 5.74) is 6.07. The minimum Gasteiger partial charge on any atom is -0.488 e. The first-order chi connectivity index (χ1) is 9.47. The van der Waals surface area contributed by atoms with Crippen molar-refractivity contribution in [3.05, 3.63) is 55.9 Å². The molecule has 2 aromatic rings. The molecule has 1 amide bonds. The summed E-state index contributed by atoms with van der Waals surface area (Å²) in [6.45, 7) is 0.0883. The average Bonchev–Trinajstić information content (AvgIpc) is 2.85. The first kappa shape index (κ1) is 14.3. The predicted molar refractivity (Wildman–Crippen MR) is 75.3 cm³/mol. The summed E-state index contributed by atoms with van der Waals surface area (Å²) in [6, 6.07) is 5.89. The molecule has 0 saturated heterocycles. The van der Waals surface area contributed by atoms with Gasteiger partial charge in [-0.15, -0.1) is 0 Å². The number of carbonyl (C=O) groups is 1. The van der Waals surface area contributed by atoms with Crippen molar-refractivity contribution in [1.82, 2.24) is 0 Å². The Kier molecular flexibility index (Phi) is 4.21. The standard InChI is InChI=1S/C12H9ClN2O4S/c13-8-1-2-9(12(14)16)10(4-8)19-5-7-3-11(15(17)18)20-6-7/h1-4,6H,5H2,(H2,14,16). The van der Waals surface area contributed by atoms with E-state index in [1.807, 2.05) is 0 Å². The highest BCUT2D eigenvalue weighted by atomic mass is 35.5. The van der Waals surface area contributed by atoms with Crippen molar-refractivity contribution in [2.45, 2.75) is 6.61 Å². The van der Waals surface area contributed by atoms with Crippen LogP contribution in [0.3, 0.4) is 0 Å². The summed E-state index contributed by atoms with van der Waals surface area (Å²) < 4.78 is 5.46. The fourth-order valence-electron chi connectivity index (χ4n) is 1.51. The van der Waals surface area contributed by atoms with Gasteiger partial charge in [0.15, 0.2) is 0 Å². The Morgan fingerprint density at radius 3 is 2.80 bits per heavy atom. The van der Waals surface area contributed by atoms with E-state index in [-0.39, 0.29) is 22.9 Å². The van der Waals surface area contributed by atoms with Crippen LogP contribution in [0.2, 0.25) is 5.02 Å². The van der Waals surface area contributed by atoms with Crippen molar-refractivity contribution in [3.63, 3.8) is 0 Å². The number of ether oxygens (including phenoxy) is 1. The van der Waals surface area contributed by atoms with Gasteiger partial charge in [-0.25, -0.2) is 0 Å². The van der Waals surface area contributed by atoms with E-state index in [1.54, 1.807) is 5.38 Å². The lowest BCUT2D eigenvalue weighted by Gasteiger charge is -2.09. The number of hydrogen-bond donors (Lipinski definition) is 1. The maximum Gasteiger partial charge on any atom is 0.324 e. The molecule has 0 unspecified atom stereocenters. The van der Waals surface area contributed by atoms with E-state index in [1.165, 1.54) is 24.3 Å². The first-order valence-electron chi connectivity index (χ1n) is 5.41. The lowest BCUT2D eigenvalue weighted by Crippen LogP contribution is -2.12. The number of halogens is 1. The third kappa shape index (κ3) is 3.25. The van der Waals surface area contributed by atoms with Gasteiger partial charge in [0.2, 0.25) is 0 Å². The Balaban J connectivity index is 2.15. The molecule has 20 heavy (non-hydrogen) atoms. The van der Waals surface area contributed by atoms with E-state index in [9.17, 15) is 14.9 Å². The van der Waals surface area contributed by atoms with Crippen LogP contribution in [-0.4, -0.2) is 10.8 Å². The highest BCUT2D eigenvalue weighted by Gasteiger charge is 2.13. The Labute approximate surface area is 122 Å². The van der Waals surface area contributed by atoms with Crippen LogP contribution in [0, 0.1) is 10.1 Å². The highest BCUT2D eigenvalue weighted by molar-refractivity contribution is 7.13. The molecule has 104 valence electrons. The third-order valence-electron chi connectivity index (χ3n) is 2.42. The van der Waals surface area contributed by atoms with E-state index >= 15 is 0 Å². The number of thiophene rings is 1. The van der Waals surface area contributed by atoms with Crippen LogP contribution in [0.25, 0.3) is 0 Å². The molecule has 0 bridgehead atoms. The number of carbonyl (C=O) groups excluding carboxylic acids is 1. The van der Waals surface area contributed by atoms with Crippen molar-refractivity contribution < 1.29 is 14.5 Å². The number of hydrogen-bond acceptors (Lipinski definition) is 5. The van der Waals surface area contributed by atoms with Gasteiger partial charge < -0.3 is 10.5 Å². The van der Waals surface area contributed by atoms with E-state index in [0.29, 0.717) is 10.6 Å². The van der Waals surface area contributed by atoms with Gasteiger partial charge in [0, 0.05) is 22.0 Å². The van der Waals surface area contributed by atoms with Gasteiger partial charge in [-0.3, -0.25) is 14.9 Å². The number of nitro groups is 1. The van der Waals surface area contributed by atoms with Crippen molar-refractivity contribution in [3.8, 4) is 5.75 Å². The van der Waals surface area contributed by atoms with Crippen molar-refractivity contribution in [2.75, 3.05) is 0 Å². The minimum absolute atomic E-state index is 0.0322. The maximum atomic E-state index is 11.2. The molecule has 0 aliphatic rings. The van der Waals surface area contributed by atoms with Crippen LogP contribution >= 0.6 is 22.9 Å². The monoisotopic (exact) mass is 312 g/mol. The van der Waals surface area contributed by atoms with Crippen LogP contribution < -0.4 is 10.5 Å². The van der Waals surface area contributed by atoms with Gasteiger partial charge in [-0.2, -0.15) is 0 Å². The van der Waals surface area contributed by atoms with E-state index in [0.717, 1.165) is 11.3 Å². The van der Waals surface area contributed by atoms with E-state index in [4.69, 9.17) is 22.1 Å². The zero-order chi connectivity index (χ0) is 14.7. The lowest BCUT2D eigenvalue weighted by molar-refractivity contribution is -0.380. The summed E-state index contributed by atoms with van der Waals surface area (Å²) in [5.74, 6) is -0.383. The third-order valence-corrected chi connectivity index (χ3v) is 3.59. The smallest absolute Gasteiger partial charge is 0.324 e. The van der Waals surface area contributed by atoms with Crippen LogP contribution in [0.1, 0.15) is 15.9 Å². The fourth-order valence-corrected chi connectivity index (χ4v) is 2.39. The molecule has 0 atom stereocenters. The number of primary amides is 1. The Hall–Kier alpha value is -2.12. The molecule has 1 heterocycles. The lowest BCUT2D eigenvalue weighted by atomic mass is 10.2. The number of benzene rings is 1. The van der Waals surface area contributed by atoms with Crippen LogP contribution in [0.15, 0.2) is 29.6 Å². The average molecular weight is 313 g/mol. The highest BCUT2D eigenvalue weighted by Crippen LogP contribution is 2.26. The molecule has 0 aliphatic heterocycles. The molecule has 0 aliphatic carbocycles. The second-order valence-corrected chi connectivity index (χ2v) is 5.17. The van der Waals surface area contributed by atoms with Gasteiger partial charge in [0.05, 0.1) is 10.5 Å². The summed E-state index contributed by atoms with van der Waals surface area (Å²) >= 11 is 6.84. The Morgan fingerprint density at radius 1 is 1.45 bits per heavy atom. The van der Waals surface area contributed by atoms with Crippen molar-refractivity contribution >= 4 is 33.8 Å². The predicted octanol–water partition coefficient (Wildman–Crippen LogP) is 2.99. The normalized spacial score (nSPS) is 10.2. The molecule has 0 fully saturated rings. The number of amides is 1. The molecular weight excluding hydrogens is 304 g/mol. The van der Waals surface area contributed by atoms with Crippen LogP contribution in [0.5, 0.6) is 5.75 Å². The first-order valence-corrected chi connectivity index (χ1v) is 6.67. The van der Waals surface area contributed by atoms with E-state index in [2.05, 4.69) is 0 Å². The van der Waals surface area contributed by atoms with Crippen LogP contribution in [0.4, 0.5) is 5.00 Å². The molecule has 2 rings (SSSR count). The molecule has 0 radical (unpaired) electrons. The summed E-state index contributed by atoms with van der Waals surface area (Å²) in [6.07, 6.45) is 0. The molecule has 0 saturated carbocycles.